The highest BCUT2D eigenvalue weighted by Crippen LogP contribution is 2.24. The molecule has 102 valence electrons. The maximum Gasteiger partial charge on any atom is 0.412 e. The van der Waals surface area contributed by atoms with Crippen molar-refractivity contribution in [1.29, 1.82) is 0 Å². The number of rotatable bonds is 2. The Morgan fingerprint density at radius 3 is 2.89 bits per heavy atom. The second-order valence-electron chi connectivity index (χ2n) is 4.44. The lowest BCUT2D eigenvalue weighted by Gasteiger charge is -2.27. The average molecular weight is 283 g/mol. The lowest BCUT2D eigenvalue weighted by molar-refractivity contribution is -0.122. The molecule has 1 unspecified atom stereocenters. The SMILES string of the molecule is O=C1NCCCCC1N(C(=O)O)c1cccc(Cl)c1. The number of hydrogen-bond donors (Lipinski definition) is 2. The molecule has 1 aromatic rings. The largest absolute Gasteiger partial charge is 0.465 e. The highest BCUT2D eigenvalue weighted by Gasteiger charge is 2.31. The molecule has 5 nitrogen and oxygen atoms in total. The summed E-state index contributed by atoms with van der Waals surface area (Å²) in [7, 11) is 0. The Hall–Kier alpha value is -1.75. The zero-order valence-electron chi connectivity index (χ0n) is 10.3. The van der Waals surface area contributed by atoms with Crippen LogP contribution in [-0.2, 0) is 4.79 Å². The van der Waals surface area contributed by atoms with Crippen molar-refractivity contribution in [3.8, 4) is 0 Å². The smallest absolute Gasteiger partial charge is 0.412 e. The van der Waals surface area contributed by atoms with Crippen molar-refractivity contribution in [2.24, 2.45) is 0 Å². The highest BCUT2D eigenvalue weighted by atomic mass is 35.5. The molecule has 1 aromatic carbocycles. The molecule has 2 N–H and O–H groups in total. The molecule has 1 fully saturated rings. The van der Waals surface area contributed by atoms with Crippen LogP contribution in [0.2, 0.25) is 5.02 Å². The van der Waals surface area contributed by atoms with Crippen LogP contribution in [0.5, 0.6) is 0 Å². The highest BCUT2D eigenvalue weighted by molar-refractivity contribution is 6.30. The maximum absolute atomic E-state index is 12.0. The Balaban J connectivity index is 2.34. The maximum atomic E-state index is 12.0. The molecule has 0 spiro atoms. The summed E-state index contributed by atoms with van der Waals surface area (Å²) in [4.78, 5) is 24.5. The first-order chi connectivity index (χ1) is 9.09. The van der Waals surface area contributed by atoms with Gasteiger partial charge in [-0.05, 0) is 37.5 Å². The van der Waals surface area contributed by atoms with Crippen LogP contribution in [0, 0.1) is 0 Å². The molecule has 1 aliphatic heterocycles. The van der Waals surface area contributed by atoms with E-state index in [2.05, 4.69) is 5.32 Å². The summed E-state index contributed by atoms with van der Waals surface area (Å²) in [5.41, 5.74) is 0.419. The lowest BCUT2D eigenvalue weighted by Crippen LogP contribution is -2.48. The van der Waals surface area contributed by atoms with E-state index in [0.717, 1.165) is 17.7 Å². The molecule has 19 heavy (non-hydrogen) atoms. The molecule has 0 saturated carbocycles. The van der Waals surface area contributed by atoms with Gasteiger partial charge in [-0.15, -0.1) is 0 Å². The second kappa shape index (κ2) is 5.93. The third-order valence-electron chi connectivity index (χ3n) is 3.11. The molecular formula is C13H15ClN2O3. The number of benzene rings is 1. The van der Waals surface area contributed by atoms with Gasteiger partial charge in [0.15, 0.2) is 0 Å². The quantitative estimate of drug-likeness (QED) is 0.875. The number of amides is 2. The number of halogens is 1. The Morgan fingerprint density at radius 2 is 2.21 bits per heavy atom. The van der Waals surface area contributed by atoms with E-state index in [1.54, 1.807) is 24.3 Å². The van der Waals surface area contributed by atoms with E-state index in [0.29, 0.717) is 23.7 Å². The van der Waals surface area contributed by atoms with Gasteiger partial charge in [-0.1, -0.05) is 17.7 Å². The summed E-state index contributed by atoms with van der Waals surface area (Å²) in [6.45, 7) is 0.596. The number of carboxylic acid groups (broad SMARTS) is 1. The van der Waals surface area contributed by atoms with Crippen LogP contribution >= 0.6 is 11.6 Å². The third kappa shape index (κ3) is 3.17. The number of carbonyl (C=O) groups excluding carboxylic acids is 1. The molecule has 1 saturated heterocycles. The van der Waals surface area contributed by atoms with Crippen LogP contribution in [0.15, 0.2) is 24.3 Å². The fourth-order valence-corrected chi connectivity index (χ4v) is 2.40. The van der Waals surface area contributed by atoms with E-state index >= 15 is 0 Å². The molecular weight excluding hydrogens is 268 g/mol. The van der Waals surface area contributed by atoms with Crippen molar-refractivity contribution in [3.05, 3.63) is 29.3 Å². The van der Waals surface area contributed by atoms with E-state index in [4.69, 9.17) is 11.6 Å². The van der Waals surface area contributed by atoms with Gasteiger partial charge >= 0.3 is 6.09 Å². The van der Waals surface area contributed by atoms with Crippen molar-refractivity contribution >= 4 is 29.3 Å². The Kier molecular flexibility index (Phi) is 4.27. The van der Waals surface area contributed by atoms with Crippen LogP contribution in [0.25, 0.3) is 0 Å². The molecule has 0 aliphatic carbocycles. The minimum absolute atomic E-state index is 0.250. The number of anilines is 1. The minimum atomic E-state index is -1.15. The first-order valence-electron chi connectivity index (χ1n) is 6.15. The van der Waals surface area contributed by atoms with Crippen molar-refractivity contribution in [2.75, 3.05) is 11.4 Å². The van der Waals surface area contributed by atoms with Crippen molar-refractivity contribution in [3.63, 3.8) is 0 Å². The standard InChI is InChI=1S/C13H15ClN2O3/c14-9-4-3-5-10(8-9)16(13(18)19)11-6-1-2-7-15-12(11)17/h3-5,8,11H,1-2,6-7H2,(H,15,17)(H,18,19). The van der Waals surface area contributed by atoms with E-state index in [-0.39, 0.29) is 5.91 Å². The van der Waals surface area contributed by atoms with E-state index in [1.807, 2.05) is 0 Å². The Labute approximate surface area is 116 Å². The number of carbonyl (C=O) groups is 2. The number of nitrogens with one attached hydrogen (secondary N) is 1. The van der Waals surface area contributed by atoms with E-state index < -0.39 is 12.1 Å². The molecule has 2 amide bonds. The summed E-state index contributed by atoms with van der Waals surface area (Å²) in [5, 5.41) is 12.6. The van der Waals surface area contributed by atoms with Gasteiger partial charge in [-0.2, -0.15) is 0 Å². The molecule has 2 rings (SSSR count). The predicted molar refractivity (Wildman–Crippen MR) is 72.6 cm³/mol. The summed E-state index contributed by atoms with van der Waals surface area (Å²) in [6.07, 6.45) is 1.05. The molecule has 6 heteroatoms. The van der Waals surface area contributed by atoms with Crippen molar-refractivity contribution in [2.45, 2.75) is 25.3 Å². The van der Waals surface area contributed by atoms with Gasteiger partial charge < -0.3 is 10.4 Å². The third-order valence-corrected chi connectivity index (χ3v) is 3.35. The zero-order valence-corrected chi connectivity index (χ0v) is 11.1. The summed E-state index contributed by atoms with van der Waals surface area (Å²) < 4.78 is 0. The monoisotopic (exact) mass is 282 g/mol. The van der Waals surface area contributed by atoms with Crippen LogP contribution in [0.3, 0.4) is 0 Å². The van der Waals surface area contributed by atoms with Gasteiger partial charge in [0.25, 0.3) is 0 Å². The average Bonchev–Trinajstić information content (AvgIpc) is 2.55. The molecule has 1 atom stereocenters. The summed E-state index contributed by atoms with van der Waals surface area (Å²) in [5.74, 6) is -0.250. The zero-order chi connectivity index (χ0) is 13.8. The van der Waals surface area contributed by atoms with Gasteiger partial charge in [0.05, 0.1) is 0 Å². The van der Waals surface area contributed by atoms with Crippen molar-refractivity contribution < 1.29 is 14.7 Å². The van der Waals surface area contributed by atoms with E-state index in [9.17, 15) is 14.7 Å². The fourth-order valence-electron chi connectivity index (χ4n) is 2.22. The number of nitrogens with zero attached hydrogens (tertiary/aromatic N) is 1. The summed E-state index contributed by atoms with van der Waals surface area (Å²) in [6, 6.07) is 5.82. The first-order valence-corrected chi connectivity index (χ1v) is 6.53. The lowest BCUT2D eigenvalue weighted by atomic mass is 10.1. The van der Waals surface area contributed by atoms with Gasteiger partial charge in [-0.25, -0.2) is 4.79 Å². The minimum Gasteiger partial charge on any atom is -0.465 e. The summed E-state index contributed by atoms with van der Waals surface area (Å²) >= 11 is 5.88. The van der Waals surface area contributed by atoms with Gasteiger partial charge in [0, 0.05) is 17.3 Å². The Bertz CT molecular complexity index is 493. The molecule has 0 bridgehead atoms. The molecule has 1 aliphatic rings. The van der Waals surface area contributed by atoms with Gasteiger partial charge in [0.2, 0.25) is 5.91 Å². The van der Waals surface area contributed by atoms with Crippen LogP contribution in [0.1, 0.15) is 19.3 Å². The Morgan fingerprint density at radius 1 is 1.42 bits per heavy atom. The fraction of sp³-hybridized carbons (Fsp3) is 0.385. The van der Waals surface area contributed by atoms with Crippen LogP contribution in [0.4, 0.5) is 10.5 Å². The van der Waals surface area contributed by atoms with Crippen LogP contribution in [-0.4, -0.2) is 29.7 Å². The molecule has 0 radical (unpaired) electrons. The van der Waals surface area contributed by atoms with Gasteiger partial charge in [0.1, 0.15) is 6.04 Å². The van der Waals surface area contributed by atoms with Gasteiger partial charge in [-0.3, -0.25) is 9.69 Å². The predicted octanol–water partition coefficient (Wildman–Crippen LogP) is 2.49. The first kappa shape index (κ1) is 13.7. The topological polar surface area (TPSA) is 69.6 Å². The number of hydrogen-bond acceptors (Lipinski definition) is 2. The second-order valence-corrected chi connectivity index (χ2v) is 4.87. The van der Waals surface area contributed by atoms with Crippen LogP contribution < -0.4 is 10.2 Å². The van der Waals surface area contributed by atoms with E-state index in [1.165, 1.54) is 0 Å². The van der Waals surface area contributed by atoms with Crippen molar-refractivity contribution in [1.82, 2.24) is 5.32 Å². The molecule has 0 aromatic heterocycles. The molecule has 1 heterocycles. The normalized spacial score (nSPS) is 19.4.